The maximum atomic E-state index is 11.2. The summed E-state index contributed by atoms with van der Waals surface area (Å²) in [7, 11) is 1.33. The summed E-state index contributed by atoms with van der Waals surface area (Å²) in [4.78, 5) is 30.5. The minimum atomic E-state index is -0.365. The Labute approximate surface area is 93.3 Å². The molecule has 0 atom stereocenters. The first-order valence-corrected chi connectivity index (χ1v) is 4.92. The van der Waals surface area contributed by atoms with Crippen LogP contribution in [0.3, 0.4) is 0 Å². The molecule has 6 nitrogen and oxygen atoms in total. The summed E-state index contributed by atoms with van der Waals surface area (Å²) in [5, 5.41) is 0. The van der Waals surface area contributed by atoms with Crippen LogP contribution in [0.1, 0.15) is 13.8 Å². The molecule has 0 spiro atoms. The third kappa shape index (κ3) is 3.08. The first kappa shape index (κ1) is 12.2. The first-order chi connectivity index (χ1) is 7.54. The Morgan fingerprint density at radius 3 is 2.81 bits per heavy atom. The molecule has 0 radical (unpaired) electrons. The van der Waals surface area contributed by atoms with Crippen LogP contribution >= 0.6 is 0 Å². The molecule has 1 heterocycles. The smallest absolute Gasteiger partial charge is 0.325 e. The molecule has 16 heavy (non-hydrogen) atoms. The van der Waals surface area contributed by atoms with E-state index in [-0.39, 0.29) is 24.1 Å². The Bertz CT molecular complexity index is 414. The summed E-state index contributed by atoms with van der Waals surface area (Å²) in [6.45, 7) is 3.89. The summed E-state index contributed by atoms with van der Waals surface area (Å²) < 4.78 is 4.59. The van der Waals surface area contributed by atoms with Crippen molar-refractivity contribution in [3.63, 3.8) is 0 Å². The predicted octanol–water partition coefficient (Wildman–Crippen LogP) is 0.158. The lowest BCUT2D eigenvalue weighted by atomic mass is 10.3. The minimum absolute atomic E-state index is 0.0494. The SMILES string of the molecule is COC(=O)CN(c1cc(=O)[nH]cn1)C(C)C. The van der Waals surface area contributed by atoms with Crippen molar-refractivity contribution < 1.29 is 9.53 Å². The average molecular weight is 225 g/mol. The van der Waals surface area contributed by atoms with Crippen molar-refractivity contribution in [1.29, 1.82) is 0 Å². The zero-order chi connectivity index (χ0) is 12.1. The minimum Gasteiger partial charge on any atom is -0.468 e. The van der Waals surface area contributed by atoms with E-state index < -0.39 is 0 Å². The van der Waals surface area contributed by atoms with Crippen LogP contribution in [0.2, 0.25) is 0 Å². The number of carbonyl (C=O) groups is 1. The number of H-pyrrole nitrogens is 1. The lowest BCUT2D eigenvalue weighted by Crippen LogP contribution is -2.37. The molecule has 0 amide bonds. The number of hydrogen-bond donors (Lipinski definition) is 1. The van der Waals surface area contributed by atoms with Gasteiger partial charge in [-0.15, -0.1) is 0 Å². The molecule has 0 unspecified atom stereocenters. The van der Waals surface area contributed by atoms with Crippen molar-refractivity contribution in [1.82, 2.24) is 9.97 Å². The van der Waals surface area contributed by atoms with E-state index in [1.54, 1.807) is 4.90 Å². The number of rotatable bonds is 4. The van der Waals surface area contributed by atoms with Gasteiger partial charge in [0.25, 0.3) is 5.56 Å². The molecule has 0 bridgehead atoms. The molecule has 88 valence electrons. The first-order valence-electron chi connectivity index (χ1n) is 4.92. The Balaban J connectivity index is 2.94. The van der Waals surface area contributed by atoms with Gasteiger partial charge in [0.05, 0.1) is 13.4 Å². The van der Waals surface area contributed by atoms with Gasteiger partial charge in [0.1, 0.15) is 12.4 Å². The number of anilines is 1. The average Bonchev–Trinajstić information content (AvgIpc) is 2.25. The lowest BCUT2D eigenvalue weighted by molar-refractivity contribution is -0.139. The number of carbonyl (C=O) groups excluding carboxylic acids is 1. The number of aromatic nitrogens is 2. The van der Waals surface area contributed by atoms with E-state index in [1.807, 2.05) is 13.8 Å². The number of methoxy groups -OCH3 is 1. The number of ether oxygens (including phenoxy) is 1. The van der Waals surface area contributed by atoms with Crippen LogP contribution in [0.25, 0.3) is 0 Å². The molecular weight excluding hydrogens is 210 g/mol. The second kappa shape index (κ2) is 5.29. The van der Waals surface area contributed by atoms with Gasteiger partial charge >= 0.3 is 5.97 Å². The highest BCUT2D eigenvalue weighted by Crippen LogP contribution is 2.10. The van der Waals surface area contributed by atoms with Crippen LogP contribution in [-0.2, 0) is 9.53 Å². The third-order valence-electron chi connectivity index (χ3n) is 2.11. The van der Waals surface area contributed by atoms with Gasteiger partial charge in [0.15, 0.2) is 0 Å². The molecule has 0 aliphatic rings. The highest BCUT2D eigenvalue weighted by molar-refractivity contribution is 5.75. The summed E-state index contributed by atoms with van der Waals surface area (Å²) in [6, 6.07) is 1.40. The van der Waals surface area contributed by atoms with E-state index in [4.69, 9.17) is 0 Å². The topological polar surface area (TPSA) is 75.3 Å². The summed E-state index contributed by atoms with van der Waals surface area (Å²) in [5.74, 6) is 0.0972. The van der Waals surface area contributed by atoms with E-state index in [9.17, 15) is 9.59 Å². The molecule has 0 aromatic carbocycles. The largest absolute Gasteiger partial charge is 0.468 e. The molecule has 0 saturated carbocycles. The Kier molecular flexibility index (Phi) is 4.04. The van der Waals surface area contributed by atoms with Crippen LogP contribution < -0.4 is 10.5 Å². The van der Waals surface area contributed by atoms with Gasteiger partial charge in [-0.1, -0.05) is 0 Å². The fourth-order valence-electron chi connectivity index (χ4n) is 1.25. The molecule has 1 aromatic rings. The second-order valence-electron chi connectivity index (χ2n) is 3.57. The second-order valence-corrected chi connectivity index (χ2v) is 3.57. The van der Waals surface area contributed by atoms with Gasteiger partial charge in [-0.05, 0) is 13.8 Å². The van der Waals surface area contributed by atoms with Gasteiger partial charge in [0.2, 0.25) is 0 Å². The molecule has 1 N–H and O–H groups in total. The number of hydrogen-bond acceptors (Lipinski definition) is 5. The van der Waals surface area contributed by atoms with E-state index in [0.717, 1.165) is 0 Å². The van der Waals surface area contributed by atoms with E-state index in [0.29, 0.717) is 5.82 Å². The molecule has 0 saturated heterocycles. The van der Waals surface area contributed by atoms with Gasteiger partial charge in [-0.25, -0.2) is 4.98 Å². The van der Waals surface area contributed by atoms with E-state index in [1.165, 1.54) is 19.5 Å². The van der Waals surface area contributed by atoms with Gasteiger partial charge in [-0.3, -0.25) is 9.59 Å². The van der Waals surface area contributed by atoms with Crippen LogP contribution in [0, 0.1) is 0 Å². The van der Waals surface area contributed by atoms with Crippen molar-refractivity contribution in [2.75, 3.05) is 18.6 Å². The normalized spacial score (nSPS) is 10.2. The molecule has 6 heteroatoms. The van der Waals surface area contributed by atoms with Crippen molar-refractivity contribution in [2.45, 2.75) is 19.9 Å². The maximum absolute atomic E-state index is 11.2. The molecular formula is C10H15N3O3. The summed E-state index contributed by atoms with van der Waals surface area (Å²) in [6.07, 6.45) is 1.31. The predicted molar refractivity (Wildman–Crippen MR) is 59.4 cm³/mol. The van der Waals surface area contributed by atoms with Crippen LogP contribution in [0.5, 0.6) is 0 Å². The number of aromatic amines is 1. The number of esters is 1. The van der Waals surface area contributed by atoms with Gasteiger partial charge in [-0.2, -0.15) is 0 Å². The third-order valence-corrected chi connectivity index (χ3v) is 2.11. The van der Waals surface area contributed by atoms with Gasteiger partial charge in [0, 0.05) is 12.1 Å². The standard InChI is InChI=1S/C10H15N3O3/c1-7(2)13(5-10(15)16-3)8-4-9(14)12-6-11-8/h4,6-7H,5H2,1-3H3,(H,11,12,14). The Morgan fingerprint density at radius 1 is 1.62 bits per heavy atom. The van der Waals surface area contributed by atoms with Crippen LogP contribution in [-0.4, -0.2) is 35.6 Å². The fraction of sp³-hybridized carbons (Fsp3) is 0.500. The van der Waals surface area contributed by atoms with Crippen molar-refractivity contribution in [3.05, 3.63) is 22.7 Å². The van der Waals surface area contributed by atoms with E-state index >= 15 is 0 Å². The van der Waals surface area contributed by atoms with E-state index in [2.05, 4.69) is 14.7 Å². The molecule has 1 rings (SSSR count). The maximum Gasteiger partial charge on any atom is 0.325 e. The summed E-state index contributed by atoms with van der Waals surface area (Å²) >= 11 is 0. The molecule has 0 aliphatic heterocycles. The van der Waals surface area contributed by atoms with Crippen LogP contribution in [0.4, 0.5) is 5.82 Å². The molecule has 0 fully saturated rings. The summed E-state index contributed by atoms with van der Waals surface area (Å²) in [5.41, 5.74) is -0.250. The monoisotopic (exact) mass is 225 g/mol. The molecule has 1 aromatic heterocycles. The van der Waals surface area contributed by atoms with Crippen molar-refractivity contribution in [3.8, 4) is 0 Å². The fourth-order valence-corrected chi connectivity index (χ4v) is 1.25. The highest BCUT2D eigenvalue weighted by atomic mass is 16.5. The Morgan fingerprint density at radius 2 is 2.31 bits per heavy atom. The highest BCUT2D eigenvalue weighted by Gasteiger charge is 2.16. The number of nitrogens with zero attached hydrogens (tertiary/aromatic N) is 2. The van der Waals surface area contributed by atoms with Crippen molar-refractivity contribution in [2.24, 2.45) is 0 Å². The van der Waals surface area contributed by atoms with Crippen LogP contribution in [0.15, 0.2) is 17.2 Å². The number of nitrogens with one attached hydrogen (secondary N) is 1. The lowest BCUT2D eigenvalue weighted by Gasteiger charge is -2.25. The van der Waals surface area contributed by atoms with Crippen molar-refractivity contribution >= 4 is 11.8 Å². The van der Waals surface area contributed by atoms with Gasteiger partial charge < -0.3 is 14.6 Å². The molecule has 0 aliphatic carbocycles. The quantitative estimate of drug-likeness (QED) is 0.739. The zero-order valence-electron chi connectivity index (χ0n) is 9.56. The zero-order valence-corrected chi connectivity index (χ0v) is 9.56. The Hall–Kier alpha value is -1.85.